The molecule has 0 radical (unpaired) electrons. The molecule has 100 valence electrons. The summed E-state index contributed by atoms with van der Waals surface area (Å²) < 4.78 is 5.01. The predicted octanol–water partition coefficient (Wildman–Crippen LogP) is 1.11. The summed E-state index contributed by atoms with van der Waals surface area (Å²) in [5.41, 5.74) is -2.11. The van der Waals surface area contributed by atoms with Crippen molar-refractivity contribution < 1.29 is 24.2 Å². The van der Waals surface area contributed by atoms with Gasteiger partial charge in [-0.25, -0.2) is 9.59 Å². The molecule has 18 heavy (non-hydrogen) atoms. The zero-order valence-electron chi connectivity index (χ0n) is 10.6. The molecular weight excluding hydrogens is 238 g/mol. The number of hydrogen-bond donors (Lipinski definition) is 2. The molecule has 1 saturated carbocycles. The van der Waals surface area contributed by atoms with E-state index >= 15 is 0 Å². The van der Waals surface area contributed by atoms with Crippen LogP contribution in [0.5, 0.6) is 0 Å². The fourth-order valence-electron chi connectivity index (χ4n) is 1.71. The van der Waals surface area contributed by atoms with E-state index in [1.165, 1.54) is 6.08 Å². The number of rotatable bonds is 4. The summed E-state index contributed by atoms with van der Waals surface area (Å²) in [4.78, 5) is 33.9. The highest BCUT2D eigenvalue weighted by molar-refractivity contribution is 6.38. The second-order valence-electron chi connectivity index (χ2n) is 5.28. The Hall–Kier alpha value is -1.85. The number of ketones is 1. The Labute approximate surface area is 105 Å². The molecule has 0 saturated heterocycles. The van der Waals surface area contributed by atoms with Crippen molar-refractivity contribution in [3.63, 3.8) is 0 Å². The quantitative estimate of drug-likeness (QED) is 0.580. The first kappa shape index (κ1) is 14.2. The van der Waals surface area contributed by atoms with Crippen LogP contribution in [0.25, 0.3) is 0 Å². The van der Waals surface area contributed by atoms with Crippen molar-refractivity contribution in [2.45, 2.75) is 38.3 Å². The predicted molar refractivity (Wildman–Crippen MR) is 63.0 cm³/mol. The summed E-state index contributed by atoms with van der Waals surface area (Å²) in [5.74, 6) is -2.98. The molecule has 2 atom stereocenters. The molecule has 2 unspecified atom stereocenters. The first-order valence-corrected chi connectivity index (χ1v) is 5.54. The topological polar surface area (TPSA) is 92.7 Å². The van der Waals surface area contributed by atoms with Crippen LogP contribution in [-0.2, 0) is 14.3 Å². The SMILES string of the molecule is C=CC1CC1(NC(=O)OC(C)(C)C)C(=O)C(=O)O. The fraction of sp³-hybridized carbons (Fsp3) is 0.583. The molecule has 0 aromatic rings. The van der Waals surface area contributed by atoms with Gasteiger partial charge in [-0.2, -0.15) is 0 Å². The summed E-state index contributed by atoms with van der Waals surface area (Å²) in [5, 5.41) is 11.1. The lowest BCUT2D eigenvalue weighted by atomic mass is 10.1. The maximum atomic E-state index is 11.6. The van der Waals surface area contributed by atoms with Crippen LogP contribution in [0, 0.1) is 5.92 Å². The van der Waals surface area contributed by atoms with Gasteiger partial charge in [0, 0.05) is 5.92 Å². The summed E-state index contributed by atoms with van der Waals surface area (Å²) >= 11 is 0. The van der Waals surface area contributed by atoms with Crippen molar-refractivity contribution in [2.75, 3.05) is 0 Å². The highest BCUT2D eigenvalue weighted by Gasteiger charge is 2.62. The third-order valence-corrected chi connectivity index (χ3v) is 2.62. The van der Waals surface area contributed by atoms with Gasteiger partial charge in [0.25, 0.3) is 5.78 Å². The molecule has 6 nitrogen and oxygen atoms in total. The minimum atomic E-state index is -1.57. The Morgan fingerprint density at radius 2 is 2.00 bits per heavy atom. The third-order valence-electron chi connectivity index (χ3n) is 2.62. The number of nitrogens with one attached hydrogen (secondary N) is 1. The van der Waals surface area contributed by atoms with Gasteiger partial charge in [0.2, 0.25) is 0 Å². The highest BCUT2D eigenvalue weighted by Crippen LogP contribution is 2.45. The Balaban J connectivity index is 2.78. The van der Waals surface area contributed by atoms with Gasteiger partial charge in [-0.1, -0.05) is 6.08 Å². The minimum absolute atomic E-state index is 0.237. The van der Waals surface area contributed by atoms with Gasteiger partial charge in [-0.15, -0.1) is 6.58 Å². The number of Topliss-reactive ketones (excluding diaryl/α,β-unsaturated/α-hetero) is 1. The van der Waals surface area contributed by atoms with Crippen molar-refractivity contribution in [1.29, 1.82) is 0 Å². The molecule has 6 heteroatoms. The zero-order chi connectivity index (χ0) is 14.1. The van der Waals surface area contributed by atoms with Crippen molar-refractivity contribution in [2.24, 2.45) is 5.92 Å². The Morgan fingerprint density at radius 1 is 1.44 bits per heavy atom. The molecule has 0 heterocycles. The van der Waals surface area contributed by atoms with E-state index in [2.05, 4.69) is 11.9 Å². The molecular formula is C12H17NO5. The van der Waals surface area contributed by atoms with E-state index in [1.807, 2.05) is 0 Å². The molecule has 1 amide bonds. The molecule has 1 aliphatic rings. The first-order chi connectivity index (χ1) is 8.12. The lowest BCUT2D eigenvalue weighted by Gasteiger charge is -2.22. The fourth-order valence-corrected chi connectivity index (χ4v) is 1.71. The van der Waals surface area contributed by atoms with Crippen LogP contribution in [0.2, 0.25) is 0 Å². The van der Waals surface area contributed by atoms with Gasteiger partial charge >= 0.3 is 12.1 Å². The van der Waals surface area contributed by atoms with Crippen molar-refractivity contribution in [1.82, 2.24) is 5.32 Å². The molecule has 0 aromatic carbocycles. The summed E-state index contributed by atoms with van der Waals surface area (Å²) in [7, 11) is 0. The average Bonchev–Trinajstić information content (AvgIpc) is 2.88. The minimum Gasteiger partial charge on any atom is -0.475 e. The molecule has 2 N–H and O–H groups in total. The molecule has 1 rings (SSSR count). The lowest BCUT2D eigenvalue weighted by Crippen LogP contribution is -2.49. The second-order valence-corrected chi connectivity index (χ2v) is 5.28. The Bertz CT molecular complexity index is 409. The van der Waals surface area contributed by atoms with Crippen LogP contribution >= 0.6 is 0 Å². The molecule has 0 spiro atoms. The Morgan fingerprint density at radius 3 is 2.33 bits per heavy atom. The maximum absolute atomic E-state index is 11.6. The number of carboxylic acid groups (broad SMARTS) is 1. The van der Waals surface area contributed by atoms with E-state index in [0.29, 0.717) is 0 Å². The van der Waals surface area contributed by atoms with E-state index in [0.717, 1.165) is 0 Å². The van der Waals surface area contributed by atoms with Crippen LogP contribution in [-0.4, -0.2) is 34.1 Å². The average molecular weight is 255 g/mol. The highest BCUT2D eigenvalue weighted by atomic mass is 16.6. The van der Waals surface area contributed by atoms with E-state index in [1.54, 1.807) is 20.8 Å². The molecule has 1 aliphatic carbocycles. The zero-order valence-corrected chi connectivity index (χ0v) is 10.6. The number of amides is 1. The number of carbonyl (C=O) groups excluding carboxylic acids is 2. The number of ether oxygens (including phenoxy) is 1. The summed E-state index contributed by atoms with van der Waals surface area (Å²) in [6.07, 6.45) is 0.889. The Kier molecular flexibility index (Phi) is 3.50. The van der Waals surface area contributed by atoms with Crippen molar-refractivity contribution in [3.05, 3.63) is 12.7 Å². The summed E-state index contributed by atoms with van der Waals surface area (Å²) in [6, 6.07) is 0. The van der Waals surface area contributed by atoms with Crippen molar-refractivity contribution >= 4 is 17.8 Å². The van der Waals surface area contributed by atoms with E-state index in [4.69, 9.17) is 9.84 Å². The van der Waals surface area contributed by atoms with Gasteiger partial charge in [0.15, 0.2) is 0 Å². The second kappa shape index (κ2) is 4.44. The molecule has 1 fully saturated rings. The van der Waals surface area contributed by atoms with Gasteiger partial charge < -0.3 is 15.2 Å². The van der Waals surface area contributed by atoms with Crippen molar-refractivity contribution in [3.8, 4) is 0 Å². The largest absolute Gasteiger partial charge is 0.475 e. The lowest BCUT2D eigenvalue weighted by molar-refractivity contribution is -0.150. The van der Waals surface area contributed by atoms with Crippen LogP contribution in [0.15, 0.2) is 12.7 Å². The molecule has 0 aliphatic heterocycles. The maximum Gasteiger partial charge on any atom is 0.408 e. The van der Waals surface area contributed by atoms with Gasteiger partial charge in [-0.05, 0) is 27.2 Å². The van der Waals surface area contributed by atoms with Crippen LogP contribution in [0.1, 0.15) is 27.2 Å². The first-order valence-electron chi connectivity index (χ1n) is 5.54. The monoisotopic (exact) mass is 255 g/mol. The molecule has 0 aromatic heterocycles. The van der Waals surface area contributed by atoms with E-state index < -0.39 is 29.0 Å². The van der Waals surface area contributed by atoms with Gasteiger partial charge in [0.05, 0.1) is 0 Å². The number of carbonyl (C=O) groups is 3. The van der Waals surface area contributed by atoms with E-state index in [9.17, 15) is 14.4 Å². The normalized spacial score (nSPS) is 26.1. The molecule has 0 bridgehead atoms. The number of aliphatic carboxylic acids is 1. The third kappa shape index (κ3) is 2.88. The van der Waals surface area contributed by atoms with Gasteiger partial charge in [-0.3, -0.25) is 4.79 Å². The van der Waals surface area contributed by atoms with Crippen LogP contribution < -0.4 is 5.32 Å². The summed E-state index contributed by atoms with van der Waals surface area (Å²) in [6.45, 7) is 8.53. The van der Waals surface area contributed by atoms with Crippen LogP contribution in [0.4, 0.5) is 4.79 Å². The smallest absolute Gasteiger partial charge is 0.408 e. The van der Waals surface area contributed by atoms with Gasteiger partial charge in [0.1, 0.15) is 11.1 Å². The number of carboxylic acids is 1. The number of alkyl carbamates (subject to hydrolysis) is 1. The van der Waals surface area contributed by atoms with E-state index in [-0.39, 0.29) is 12.3 Å². The van der Waals surface area contributed by atoms with Crippen LogP contribution in [0.3, 0.4) is 0 Å². The number of hydrogen-bond acceptors (Lipinski definition) is 4. The standard InChI is InChI=1S/C12H17NO5/c1-5-7-6-12(7,8(14)9(15)16)13-10(17)18-11(2,3)4/h5,7H,1,6H2,2-4H3,(H,13,17)(H,15,16).